The number of aromatic nitrogens is 2. The van der Waals surface area contributed by atoms with E-state index >= 15 is 0 Å². The van der Waals surface area contributed by atoms with Crippen LogP contribution >= 0.6 is 0 Å². The van der Waals surface area contributed by atoms with Gasteiger partial charge in [0.2, 0.25) is 0 Å². The molecule has 128 valence electrons. The predicted octanol–water partition coefficient (Wildman–Crippen LogP) is 2.86. The maximum absolute atomic E-state index is 12.7. The topological polar surface area (TPSA) is 65.4 Å². The molecular weight excluding hydrogens is 318 g/mol. The van der Waals surface area contributed by atoms with Crippen molar-refractivity contribution in [2.75, 3.05) is 19.5 Å². The van der Waals surface area contributed by atoms with E-state index in [1.807, 2.05) is 48.5 Å². The van der Waals surface area contributed by atoms with Gasteiger partial charge < -0.3 is 14.8 Å². The number of hydrogen-bond donors (Lipinski definition) is 1. The Morgan fingerprint density at radius 2 is 1.80 bits per heavy atom. The van der Waals surface area contributed by atoms with Crippen molar-refractivity contribution in [3.63, 3.8) is 0 Å². The second-order valence-electron chi connectivity index (χ2n) is 5.35. The summed E-state index contributed by atoms with van der Waals surface area (Å²) in [5.74, 6) is 1.80. The maximum atomic E-state index is 12.7. The highest BCUT2D eigenvalue weighted by Gasteiger charge is 2.07. The molecule has 3 aromatic rings. The molecule has 0 bridgehead atoms. The van der Waals surface area contributed by atoms with Crippen LogP contribution in [0.2, 0.25) is 0 Å². The van der Waals surface area contributed by atoms with Crippen LogP contribution in [0.5, 0.6) is 11.5 Å². The quantitative estimate of drug-likeness (QED) is 0.749. The molecule has 25 heavy (non-hydrogen) atoms. The number of ether oxygens (including phenoxy) is 2. The van der Waals surface area contributed by atoms with Crippen molar-refractivity contribution < 1.29 is 9.47 Å². The van der Waals surface area contributed by atoms with Gasteiger partial charge in [-0.1, -0.05) is 12.1 Å². The Morgan fingerprint density at radius 1 is 1.04 bits per heavy atom. The van der Waals surface area contributed by atoms with Gasteiger partial charge in [-0.15, -0.1) is 0 Å². The molecule has 0 unspecified atom stereocenters. The molecular formula is C19H19N3O3. The number of methoxy groups -OCH3 is 2. The van der Waals surface area contributed by atoms with Crippen LogP contribution in [0.15, 0.2) is 65.7 Å². The summed E-state index contributed by atoms with van der Waals surface area (Å²) in [4.78, 5) is 16.8. The van der Waals surface area contributed by atoms with Crippen LogP contribution in [0.4, 0.5) is 5.82 Å². The minimum Gasteiger partial charge on any atom is -0.497 e. The summed E-state index contributed by atoms with van der Waals surface area (Å²) in [6.45, 7) is 0.478. The molecule has 0 saturated heterocycles. The molecule has 0 fully saturated rings. The third-order valence-electron chi connectivity index (χ3n) is 3.79. The zero-order valence-electron chi connectivity index (χ0n) is 14.1. The number of benzene rings is 2. The molecule has 3 rings (SSSR count). The molecule has 0 amide bonds. The summed E-state index contributed by atoms with van der Waals surface area (Å²) in [6, 6.07) is 14.9. The van der Waals surface area contributed by atoms with Crippen molar-refractivity contribution in [1.82, 2.24) is 9.55 Å². The van der Waals surface area contributed by atoms with Crippen LogP contribution in [0.3, 0.4) is 0 Å². The first-order valence-corrected chi connectivity index (χ1v) is 7.80. The van der Waals surface area contributed by atoms with Gasteiger partial charge in [-0.2, -0.15) is 0 Å². The molecule has 0 radical (unpaired) electrons. The van der Waals surface area contributed by atoms with Crippen molar-refractivity contribution in [3.8, 4) is 17.2 Å². The van der Waals surface area contributed by atoms with Crippen LogP contribution in [-0.4, -0.2) is 23.8 Å². The summed E-state index contributed by atoms with van der Waals surface area (Å²) in [5.41, 5.74) is 1.54. The molecule has 6 nitrogen and oxygen atoms in total. The third-order valence-corrected chi connectivity index (χ3v) is 3.79. The van der Waals surface area contributed by atoms with Crippen LogP contribution in [0, 0.1) is 0 Å². The molecule has 0 spiro atoms. The molecule has 6 heteroatoms. The Kier molecular flexibility index (Phi) is 4.99. The number of hydrogen-bond acceptors (Lipinski definition) is 5. The maximum Gasteiger partial charge on any atom is 0.297 e. The van der Waals surface area contributed by atoms with E-state index in [4.69, 9.17) is 9.47 Å². The highest BCUT2D eigenvalue weighted by atomic mass is 16.5. The van der Waals surface area contributed by atoms with Gasteiger partial charge in [-0.25, -0.2) is 4.98 Å². The summed E-state index contributed by atoms with van der Waals surface area (Å²) < 4.78 is 11.9. The fraction of sp³-hybridized carbons (Fsp3) is 0.158. The first-order chi connectivity index (χ1) is 12.2. The van der Waals surface area contributed by atoms with Crippen LogP contribution < -0.4 is 20.3 Å². The lowest BCUT2D eigenvalue weighted by Crippen LogP contribution is -2.23. The number of anilines is 1. The molecule has 1 aromatic heterocycles. The highest BCUT2D eigenvalue weighted by Crippen LogP contribution is 2.15. The van der Waals surface area contributed by atoms with Gasteiger partial charge in [-0.05, 0) is 42.0 Å². The Morgan fingerprint density at radius 3 is 2.52 bits per heavy atom. The monoisotopic (exact) mass is 337 g/mol. The summed E-state index contributed by atoms with van der Waals surface area (Å²) in [6.07, 6.45) is 3.24. The minimum atomic E-state index is -0.212. The highest BCUT2D eigenvalue weighted by molar-refractivity contribution is 5.41. The minimum absolute atomic E-state index is 0.212. The van der Waals surface area contributed by atoms with E-state index in [0.29, 0.717) is 12.4 Å². The van der Waals surface area contributed by atoms with Gasteiger partial charge in [-0.3, -0.25) is 9.36 Å². The molecule has 1 heterocycles. The average Bonchev–Trinajstić information content (AvgIpc) is 2.67. The van der Waals surface area contributed by atoms with Crippen LogP contribution in [-0.2, 0) is 6.54 Å². The number of nitrogens with zero attached hydrogens (tertiary/aromatic N) is 2. The lowest BCUT2D eigenvalue weighted by Gasteiger charge is -2.10. The van der Waals surface area contributed by atoms with E-state index in [2.05, 4.69) is 10.3 Å². The van der Waals surface area contributed by atoms with Gasteiger partial charge in [0.15, 0.2) is 5.82 Å². The van der Waals surface area contributed by atoms with E-state index in [1.165, 1.54) is 0 Å². The summed E-state index contributed by atoms with van der Waals surface area (Å²) in [5, 5.41) is 3.09. The van der Waals surface area contributed by atoms with Gasteiger partial charge in [0.1, 0.15) is 11.5 Å². The Bertz CT molecular complexity index is 904. The molecule has 0 aliphatic heterocycles. The van der Waals surface area contributed by atoms with E-state index in [1.54, 1.807) is 31.2 Å². The second-order valence-corrected chi connectivity index (χ2v) is 5.35. The number of rotatable bonds is 6. The molecule has 0 atom stereocenters. The average molecular weight is 337 g/mol. The Balaban J connectivity index is 1.81. The Labute approximate surface area is 145 Å². The fourth-order valence-corrected chi connectivity index (χ4v) is 2.45. The Hall–Kier alpha value is -3.28. The lowest BCUT2D eigenvalue weighted by molar-refractivity contribution is 0.414. The second kappa shape index (κ2) is 7.53. The zero-order valence-corrected chi connectivity index (χ0v) is 14.1. The van der Waals surface area contributed by atoms with E-state index in [0.717, 1.165) is 22.7 Å². The smallest absolute Gasteiger partial charge is 0.297 e. The molecule has 1 N–H and O–H groups in total. The molecule has 0 saturated carbocycles. The molecule has 0 aliphatic rings. The van der Waals surface area contributed by atoms with E-state index in [-0.39, 0.29) is 5.56 Å². The first-order valence-electron chi connectivity index (χ1n) is 7.80. The van der Waals surface area contributed by atoms with Crippen molar-refractivity contribution >= 4 is 5.82 Å². The first kappa shape index (κ1) is 16.6. The largest absolute Gasteiger partial charge is 0.497 e. The number of nitrogens with one attached hydrogen (secondary N) is 1. The SMILES string of the molecule is COc1ccc(-n2ccnc(NCc3cccc(OC)c3)c2=O)cc1. The van der Waals surface area contributed by atoms with Gasteiger partial charge in [0.05, 0.1) is 14.2 Å². The van der Waals surface area contributed by atoms with Crippen molar-refractivity contribution in [3.05, 3.63) is 76.8 Å². The van der Waals surface area contributed by atoms with Gasteiger partial charge in [0, 0.05) is 24.6 Å². The predicted molar refractivity (Wildman–Crippen MR) is 96.7 cm³/mol. The van der Waals surface area contributed by atoms with E-state index in [9.17, 15) is 4.79 Å². The molecule has 0 aliphatic carbocycles. The summed E-state index contributed by atoms with van der Waals surface area (Å²) >= 11 is 0. The zero-order chi connectivity index (χ0) is 17.6. The fourth-order valence-electron chi connectivity index (χ4n) is 2.45. The van der Waals surface area contributed by atoms with Crippen molar-refractivity contribution in [2.24, 2.45) is 0 Å². The van der Waals surface area contributed by atoms with Gasteiger partial charge in [0.25, 0.3) is 5.56 Å². The normalized spacial score (nSPS) is 10.3. The van der Waals surface area contributed by atoms with Crippen molar-refractivity contribution in [1.29, 1.82) is 0 Å². The summed E-state index contributed by atoms with van der Waals surface area (Å²) in [7, 11) is 3.23. The molecule has 2 aromatic carbocycles. The third kappa shape index (κ3) is 3.80. The van der Waals surface area contributed by atoms with Crippen molar-refractivity contribution in [2.45, 2.75) is 6.54 Å². The van der Waals surface area contributed by atoms with Gasteiger partial charge >= 0.3 is 0 Å². The van der Waals surface area contributed by atoms with Crippen LogP contribution in [0.25, 0.3) is 5.69 Å². The lowest BCUT2D eigenvalue weighted by atomic mass is 10.2. The van der Waals surface area contributed by atoms with E-state index < -0.39 is 0 Å². The standard InChI is InChI=1S/C19H19N3O3/c1-24-16-8-6-15(7-9-16)22-11-10-20-18(19(22)23)21-13-14-4-3-5-17(12-14)25-2/h3-12H,13H2,1-2H3,(H,20,21). The van der Waals surface area contributed by atoms with Crippen LogP contribution in [0.1, 0.15) is 5.56 Å².